The fourth-order valence-corrected chi connectivity index (χ4v) is 4.65. The average Bonchev–Trinajstić information content (AvgIpc) is 3.29. The summed E-state index contributed by atoms with van der Waals surface area (Å²) in [6.45, 7) is 0. The van der Waals surface area contributed by atoms with Crippen molar-refractivity contribution in [3.05, 3.63) is 125 Å². The number of ether oxygens (including phenoxy) is 1. The Morgan fingerprint density at radius 2 is 1.31 bits per heavy atom. The van der Waals surface area contributed by atoms with Gasteiger partial charge in [-0.2, -0.15) is 0 Å². The van der Waals surface area contributed by atoms with Crippen LogP contribution in [0.3, 0.4) is 0 Å². The Kier molecular flexibility index (Phi) is 6.84. The number of aromatic carboxylic acids is 1. The van der Waals surface area contributed by atoms with E-state index in [9.17, 15) is 29.1 Å². The van der Waals surface area contributed by atoms with E-state index < -0.39 is 41.4 Å². The molecule has 1 aliphatic heterocycles. The highest BCUT2D eigenvalue weighted by molar-refractivity contribution is 6.45. The highest BCUT2D eigenvalue weighted by Gasteiger charge is 2.46. The monoisotopic (exact) mass is 519 g/mol. The standard InChI is InChI=1S/C31H21NO7/c33-26(20-13-5-4-12-19(20)18-10-2-1-3-11-18)25(28-21-14-6-7-15-22(21)31(38)39-28)27(34)29(35)32-24-17-9-8-16-23(24)30(36)37/h1-17,25,28H,(H,32,35)(H,36,37)/t25-,28-/m0/s1. The SMILES string of the molecule is O=C(Nc1ccccc1C(=O)O)C(=O)[C@H](C(=O)c1ccccc1-c1ccccc1)[C@H]1OC(=O)c2ccccc21. The number of amides is 1. The first-order valence-corrected chi connectivity index (χ1v) is 12.0. The number of fused-ring (bicyclic) bond motifs is 1. The number of rotatable bonds is 8. The van der Waals surface area contributed by atoms with Crippen LogP contribution < -0.4 is 5.32 Å². The summed E-state index contributed by atoms with van der Waals surface area (Å²) in [5, 5.41) is 11.8. The second kappa shape index (κ2) is 10.5. The predicted octanol–water partition coefficient (Wildman–Crippen LogP) is 4.97. The van der Waals surface area contributed by atoms with Crippen LogP contribution in [-0.4, -0.2) is 34.5 Å². The molecule has 0 bridgehead atoms. The number of ketones is 2. The molecule has 8 heteroatoms. The first kappa shape index (κ1) is 25.3. The van der Waals surface area contributed by atoms with Gasteiger partial charge in [0.1, 0.15) is 12.0 Å². The maximum atomic E-state index is 14.1. The number of Topliss-reactive ketones (excluding diaryl/α,β-unsaturated/α-hetero) is 2. The van der Waals surface area contributed by atoms with Crippen LogP contribution in [0.25, 0.3) is 11.1 Å². The molecule has 8 nitrogen and oxygen atoms in total. The van der Waals surface area contributed by atoms with Crippen molar-refractivity contribution < 1.29 is 33.8 Å². The molecule has 0 fully saturated rings. The van der Waals surface area contributed by atoms with Crippen molar-refractivity contribution in [1.29, 1.82) is 0 Å². The molecule has 1 amide bonds. The van der Waals surface area contributed by atoms with Gasteiger partial charge in [0.15, 0.2) is 5.78 Å². The number of carbonyl (C=O) groups excluding carboxylic acids is 4. The quantitative estimate of drug-likeness (QED) is 0.146. The Morgan fingerprint density at radius 1 is 0.718 bits per heavy atom. The predicted molar refractivity (Wildman–Crippen MR) is 141 cm³/mol. The van der Waals surface area contributed by atoms with E-state index in [0.717, 1.165) is 5.56 Å². The van der Waals surface area contributed by atoms with Crippen LogP contribution in [0.2, 0.25) is 0 Å². The average molecular weight is 520 g/mol. The molecule has 0 saturated carbocycles. The van der Waals surface area contributed by atoms with Crippen LogP contribution in [0.1, 0.15) is 42.7 Å². The van der Waals surface area contributed by atoms with E-state index in [4.69, 9.17) is 4.74 Å². The number of nitrogens with one attached hydrogen (secondary N) is 1. The summed E-state index contributed by atoms with van der Waals surface area (Å²) in [6.07, 6.45) is -1.35. The maximum absolute atomic E-state index is 14.1. The van der Waals surface area contributed by atoms with Crippen molar-refractivity contribution in [2.24, 2.45) is 5.92 Å². The number of carboxylic acids is 1. The molecule has 1 aliphatic rings. The number of hydrogen-bond acceptors (Lipinski definition) is 6. The zero-order valence-corrected chi connectivity index (χ0v) is 20.4. The van der Waals surface area contributed by atoms with Crippen LogP contribution in [0.4, 0.5) is 5.69 Å². The lowest BCUT2D eigenvalue weighted by atomic mass is 9.82. The molecule has 0 unspecified atom stereocenters. The number of hydrogen-bond donors (Lipinski definition) is 2. The van der Waals surface area contributed by atoms with Gasteiger partial charge in [-0.15, -0.1) is 0 Å². The van der Waals surface area contributed by atoms with Gasteiger partial charge >= 0.3 is 11.9 Å². The fourth-order valence-electron chi connectivity index (χ4n) is 4.65. The van der Waals surface area contributed by atoms with Gasteiger partial charge in [-0.3, -0.25) is 14.4 Å². The molecule has 0 aromatic heterocycles. The van der Waals surface area contributed by atoms with Gasteiger partial charge in [0.25, 0.3) is 5.91 Å². The zero-order valence-electron chi connectivity index (χ0n) is 20.4. The molecule has 4 aromatic carbocycles. The molecule has 1 heterocycles. The van der Waals surface area contributed by atoms with Crippen LogP contribution >= 0.6 is 0 Å². The second-order valence-electron chi connectivity index (χ2n) is 8.84. The second-order valence-corrected chi connectivity index (χ2v) is 8.84. The molecule has 39 heavy (non-hydrogen) atoms. The Hall–Kier alpha value is -5.37. The van der Waals surface area contributed by atoms with Gasteiger partial charge < -0.3 is 15.2 Å². The van der Waals surface area contributed by atoms with Crippen molar-refractivity contribution >= 4 is 35.1 Å². The molecule has 0 radical (unpaired) electrons. The summed E-state index contributed by atoms with van der Waals surface area (Å²) >= 11 is 0. The third-order valence-electron chi connectivity index (χ3n) is 6.50. The lowest BCUT2D eigenvalue weighted by molar-refractivity contribution is -0.138. The van der Waals surface area contributed by atoms with Gasteiger partial charge in [0.05, 0.1) is 16.8 Å². The van der Waals surface area contributed by atoms with E-state index in [2.05, 4.69) is 5.32 Å². The number of carbonyl (C=O) groups is 5. The van der Waals surface area contributed by atoms with Gasteiger partial charge in [-0.05, 0) is 29.3 Å². The minimum Gasteiger partial charge on any atom is -0.478 e. The van der Waals surface area contributed by atoms with Crippen molar-refractivity contribution in [3.63, 3.8) is 0 Å². The normalized spacial score (nSPS) is 14.6. The first-order valence-electron chi connectivity index (χ1n) is 12.0. The number of anilines is 1. The van der Waals surface area contributed by atoms with Gasteiger partial charge in [-0.1, -0.05) is 84.9 Å². The number of para-hydroxylation sites is 1. The molecular formula is C31H21NO7. The van der Waals surface area contributed by atoms with E-state index >= 15 is 0 Å². The summed E-state index contributed by atoms with van der Waals surface area (Å²) in [5.74, 6) is -6.83. The van der Waals surface area contributed by atoms with Gasteiger partial charge in [0, 0.05) is 11.1 Å². The highest BCUT2D eigenvalue weighted by Crippen LogP contribution is 2.39. The number of cyclic esters (lactones) is 1. The minimum absolute atomic E-state index is 0.108. The first-order chi connectivity index (χ1) is 18.9. The molecule has 0 aliphatic carbocycles. The van der Waals surface area contributed by atoms with E-state index in [-0.39, 0.29) is 22.4 Å². The van der Waals surface area contributed by atoms with Crippen LogP contribution in [0.5, 0.6) is 0 Å². The van der Waals surface area contributed by atoms with E-state index in [1.165, 1.54) is 30.3 Å². The summed E-state index contributed by atoms with van der Waals surface area (Å²) in [4.78, 5) is 65.3. The summed E-state index contributed by atoms with van der Waals surface area (Å²) in [6, 6.07) is 27.7. The Bertz CT molecular complexity index is 1630. The Morgan fingerprint density at radius 3 is 2.03 bits per heavy atom. The molecule has 4 aromatic rings. The maximum Gasteiger partial charge on any atom is 0.339 e. The van der Waals surface area contributed by atoms with Crippen molar-refractivity contribution in [2.75, 3.05) is 5.32 Å². The fraction of sp³-hybridized carbons (Fsp3) is 0.0645. The molecule has 0 spiro atoms. The van der Waals surface area contributed by atoms with Gasteiger partial charge in [0.2, 0.25) is 5.78 Å². The number of benzene rings is 4. The Labute approximate surface area is 222 Å². The van der Waals surface area contributed by atoms with Crippen LogP contribution in [0.15, 0.2) is 103 Å². The number of carboxylic acid groups (broad SMARTS) is 1. The van der Waals surface area contributed by atoms with E-state index in [0.29, 0.717) is 11.1 Å². The molecule has 2 atom stereocenters. The largest absolute Gasteiger partial charge is 0.478 e. The summed E-state index contributed by atoms with van der Waals surface area (Å²) in [7, 11) is 0. The highest BCUT2D eigenvalue weighted by atomic mass is 16.5. The van der Waals surface area contributed by atoms with Crippen molar-refractivity contribution in [1.82, 2.24) is 0 Å². The zero-order chi connectivity index (χ0) is 27.5. The molecule has 0 saturated heterocycles. The molecule has 5 rings (SSSR count). The lowest BCUT2D eigenvalue weighted by Crippen LogP contribution is -2.38. The smallest absolute Gasteiger partial charge is 0.339 e. The third-order valence-corrected chi connectivity index (χ3v) is 6.50. The molecule has 2 N–H and O–H groups in total. The van der Waals surface area contributed by atoms with Crippen molar-refractivity contribution in [3.8, 4) is 11.1 Å². The van der Waals surface area contributed by atoms with Crippen molar-refractivity contribution in [2.45, 2.75) is 6.10 Å². The van der Waals surface area contributed by atoms with E-state index in [1.54, 1.807) is 42.5 Å². The third kappa shape index (κ3) is 4.83. The van der Waals surface area contributed by atoms with Gasteiger partial charge in [-0.25, -0.2) is 9.59 Å². The minimum atomic E-state index is -1.72. The van der Waals surface area contributed by atoms with Crippen LogP contribution in [-0.2, 0) is 14.3 Å². The summed E-state index contributed by atoms with van der Waals surface area (Å²) in [5.41, 5.74) is 1.59. The van der Waals surface area contributed by atoms with Crippen LogP contribution in [0, 0.1) is 5.92 Å². The Balaban J connectivity index is 1.58. The molecular weight excluding hydrogens is 498 g/mol. The molecule has 192 valence electrons. The topological polar surface area (TPSA) is 127 Å². The summed E-state index contributed by atoms with van der Waals surface area (Å²) < 4.78 is 5.51. The number of esters is 1. The van der Waals surface area contributed by atoms with E-state index in [1.807, 2.05) is 30.3 Å². The lowest BCUT2D eigenvalue weighted by Gasteiger charge is -2.22.